The lowest BCUT2D eigenvalue weighted by atomic mass is 10.0. The molecular weight excluding hydrogens is 707 g/mol. The summed E-state index contributed by atoms with van der Waals surface area (Å²) in [6, 6.07) is -0.714. The second-order valence-corrected chi connectivity index (χ2v) is 15.9. The number of amides is 1. The molecule has 0 saturated carbocycles. The number of carbonyl (C=O) groups excluding carboxylic acids is 2. The standard InChI is InChI=1S/C51H89NO5/c1-4-7-10-13-16-19-22-24-25-27-29-32-35-38-41-44-51(56)57-47(42-39-36-33-30-28-26-23-20-17-14-11-8-5-2)45-50(55)52-48(46-53)49(54)43-40-37-34-31-21-18-15-12-9-6-3/h7,10,13,16-17,19-20,22-26,47-49,53-54H,4-6,8-9,11-12,14-15,18,21,27-46H2,1-3H3,(H,52,55)/b10-7+,16-13+,20-17+,22-19+,25-24-,26-23+. The van der Waals surface area contributed by atoms with Crippen molar-refractivity contribution in [3.63, 3.8) is 0 Å². The Hall–Kier alpha value is -2.70. The Morgan fingerprint density at radius 3 is 1.49 bits per heavy atom. The molecule has 3 atom stereocenters. The highest BCUT2D eigenvalue weighted by Crippen LogP contribution is 2.17. The van der Waals surface area contributed by atoms with E-state index in [9.17, 15) is 19.8 Å². The highest BCUT2D eigenvalue weighted by Gasteiger charge is 2.24. The van der Waals surface area contributed by atoms with Gasteiger partial charge < -0.3 is 20.3 Å². The van der Waals surface area contributed by atoms with Gasteiger partial charge in [-0.05, 0) is 70.6 Å². The van der Waals surface area contributed by atoms with Crippen LogP contribution in [0.1, 0.15) is 213 Å². The number of hydrogen-bond donors (Lipinski definition) is 3. The fourth-order valence-corrected chi connectivity index (χ4v) is 6.78. The van der Waals surface area contributed by atoms with Gasteiger partial charge in [-0.3, -0.25) is 9.59 Å². The van der Waals surface area contributed by atoms with Crippen molar-refractivity contribution in [1.82, 2.24) is 5.32 Å². The Labute approximate surface area is 351 Å². The summed E-state index contributed by atoms with van der Waals surface area (Å²) in [4.78, 5) is 26.0. The lowest BCUT2D eigenvalue weighted by molar-refractivity contribution is -0.151. The summed E-state index contributed by atoms with van der Waals surface area (Å²) in [7, 11) is 0. The van der Waals surface area contributed by atoms with Gasteiger partial charge in [-0.15, -0.1) is 0 Å². The van der Waals surface area contributed by atoms with Crippen molar-refractivity contribution < 1.29 is 24.5 Å². The molecule has 6 heteroatoms. The van der Waals surface area contributed by atoms with Crippen LogP contribution in [0, 0.1) is 0 Å². The maximum Gasteiger partial charge on any atom is 0.306 e. The summed E-state index contributed by atoms with van der Waals surface area (Å²) in [5, 5.41) is 23.6. The van der Waals surface area contributed by atoms with Crippen LogP contribution in [0.2, 0.25) is 0 Å². The molecule has 0 heterocycles. The third-order valence-corrected chi connectivity index (χ3v) is 10.4. The maximum atomic E-state index is 13.1. The van der Waals surface area contributed by atoms with Gasteiger partial charge >= 0.3 is 5.97 Å². The van der Waals surface area contributed by atoms with Gasteiger partial charge in [0.05, 0.1) is 25.2 Å². The van der Waals surface area contributed by atoms with Crippen molar-refractivity contribution in [3.8, 4) is 0 Å². The van der Waals surface area contributed by atoms with E-state index < -0.39 is 18.2 Å². The number of allylic oxidation sites excluding steroid dienone is 12. The van der Waals surface area contributed by atoms with E-state index in [1.807, 2.05) is 18.2 Å². The molecule has 0 fully saturated rings. The first-order chi connectivity index (χ1) is 28.0. The SMILES string of the molecule is CC/C=C/C=C/C=C/C=C\CCCCCCCC(=O)OC(CCCCCC/C=C/C=C/CCCCC)CC(=O)NC(CO)C(O)CCCCCCCCCCCC. The minimum Gasteiger partial charge on any atom is -0.462 e. The predicted molar refractivity (Wildman–Crippen MR) is 245 cm³/mol. The minimum atomic E-state index is -0.798. The Kier molecular flexibility index (Phi) is 42.3. The second-order valence-electron chi connectivity index (χ2n) is 15.9. The van der Waals surface area contributed by atoms with Crippen molar-refractivity contribution in [3.05, 3.63) is 72.9 Å². The van der Waals surface area contributed by atoms with E-state index in [1.165, 1.54) is 64.2 Å². The lowest BCUT2D eigenvalue weighted by Gasteiger charge is -2.24. The molecular formula is C51H89NO5. The van der Waals surface area contributed by atoms with E-state index >= 15 is 0 Å². The van der Waals surface area contributed by atoms with Gasteiger partial charge in [-0.25, -0.2) is 0 Å². The van der Waals surface area contributed by atoms with Crippen LogP contribution in [0.3, 0.4) is 0 Å². The number of carbonyl (C=O) groups is 2. The van der Waals surface area contributed by atoms with Gasteiger partial charge in [-0.1, -0.05) is 203 Å². The highest BCUT2D eigenvalue weighted by molar-refractivity contribution is 5.77. The average molecular weight is 796 g/mol. The zero-order valence-corrected chi connectivity index (χ0v) is 37.2. The molecule has 0 aromatic rings. The number of aliphatic hydroxyl groups excluding tert-OH is 2. The molecule has 0 aromatic heterocycles. The molecule has 0 bridgehead atoms. The fraction of sp³-hybridized carbons (Fsp3) is 0.725. The van der Waals surface area contributed by atoms with Crippen LogP contribution in [0.5, 0.6) is 0 Å². The first-order valence-corrected chi connectivity index (χ1v) is 23.7. The molecule has 0 spiro atoms. The number of hydrogen-bond acceptors (Lipinski definition) is 5. The van der Waals surface area contributed by atoms with Gasteiger partial charge in [-0.2, -0.15) is 0 Å². The summed E-state index contributed by atoms with van der Waals surface area (Å²) in [6.45, 7) is 6.28. The van der Waals surface area contributed by atoms with E-state index in [0.29, 0.717) is 19.3 Å². The number of ether oxygens (including phenoxy) is 1. The van der Waals surface area contributed by atoms with E-state index in [2.05, 4.69) is 80.8 Å². The predicted octanol–water partition coefficient (Wildman–Crippen LogP) is 13.8. The molecule has 3 unspecified atom stereocenters. The van der Waals surface area contributed by atoms with Gasteiger partial charge in [0.1, 0.15) is 6.10 Å². The van der Waals surface area contributed by atoms with Crippen LogP contribution >= 0.6 is 0 Å². The Bertz CT molecular complexity index is 1070. The highest BCUT2D eigenvalue weighted by atomic mass is 16.5. The van der Waals surface area contributed by atoms with Crippen LogP contribution in [-0.2, 0) is 14.3 Å². The first-order valence-electron chi connectivity index (χ1n) is 23.7. The molecule has 6 nitrogen and oxygen atoms in total. The van der Waals surface area contributed by atoms with Gasteiger partial charge in [0.2, 0.25) is 5.91 Å². The lowest BCUT2D eigenvalue weighted by Crippen LogP contribution is -2.46. The number of aliphatic hydroxyl groups is 2. The number of nitrogens with one attached hydrogen (secondary N) is 1. The molecule has 0 aliphatic heterocycles. The molecule has 0 saturated heterocycles. The van der Waals surface area contributed by atoms with E-state index in [1.54, 1.807) is 0 Å². The van der Waals surface area contributed by atoms with Crippen LogP contribution in [0.15, 0.2) is 72.9 Å². The summed E-state index contributed by atoms with van der Waals surface area (Å²) < 4.78 is 5.89. The normalized spacial score (nSPS) is 14.0. The minimum absolute atomic E-state index is 0.0510. The smallest absolute Gasteiger partial charge is 0.306 e. The molecule has 0 aliphatic rings. The molecule has 1 amide bonds. The van der Waals surface area contributed by atoms with E-state index in [4.69, 9.17) is 4.74 Å². The number of unbranched alkanes of at least 4 members (excludes halogenated alkanes) is 21. The Morgan fingerprint density at radius 1 is 0.526 bits per heavy atom. The third kappa shape index (κ3) is 39.9. The Balaban J connectivity index is 4.69. The largest absolute Gasteiger partial charge is 0.462 e. The molecule has 0 rings (SSSR count). The van der Waals surface area contributed by atoms with Crippen LogP contribution in [-0.4, -0.2) is 46.9 Å². The van der Waals surface area contributed by atoms with Crippen molar-refractivity contribution >= 4 is 11.9 Å². The molecule has 328 valence electrons. The van der Waals surface area contributed by atoms with Gasteiger partial charge in [0, 0.05) is 6.42 Å². The van der Waals surface area contributed by atoms with E-state index in [0.717, 1.165) is 103 Å². The van der Waals surface area contributed by atoms with Crippen LogP contribution in [0.4, 0.5) is 0 Å². The van der Waals surface area contributed by atoms with Crippen molar-refractivity contribution in [1.29, 1.82) is 0 Å². The molecule has 0 radical (unpaired) electrons. The third-order valence-electron chi connectivity index (χ3n) is 10.4. The van der Waals surface area contributed by atoms with Gasteiger partial charge in [0.25, 0.3) is 0 Å². The first kappa shape index (κ1) is 54.3. The van der Waals surface area contributed by atoms with Crippen LogP contribution < -0.4 is 5.32 Å². The molecule has 0 aliphatic carbocycles. The summed E-state index contributed by atoms with van der Waals surface area (Å²) in [5.74, 6) is -0.527. The second kappa shape index (κ2) is 44.4. The summed E-state index contributed by atoms with van der Waals surface area (Å²) in [5.41, 5.74) is 0. The van der Waals surface area contributed by atoms with Gasteiger partial charge in [0.15, 0.2) is 0 Å². The quantitative estimate of drug-likeness (QED) is 0.0325. The van der Waals surface area contributed by atoms with Crippen LogP contribution in [0.25, 0.3) is 0 Å². The number of rotatable bonds is 41. The summed E-state index contributed by atoms with van der Waals surface area (Å²) in [6.07, 6.45) is 55.2. The van der Waals surface area contributed by atoms with Crippen molar-refractivity contribution in [2.75, 3.05) is 6.61 Å². The molecule has 3 N–H and O–H groups in total. The zero-order chi connectivity index (χ0) is 41.7. The molecule has 57 heavy (non-hydrogen) atoms. The molecule has 0 aromatic carbocycles. The van der Waals surface area contributed by atoms with E-state index in [-0.39, 0.29) is 24.9 Å². The summed E-state index contributed by atoms with van der Waals surface area (Å²) >= 11 is 0. The van der Waals surface area contributed by atoms with Crippen molar-refractivity contribution in [2.24, 2.45) is 0 Å². The van der Waals surface area contributed by atoms with Crippen molar-refractivity contribution in [2.45, 2.75) is 232 Å². The topological polar surface area (TPSA) is 95.9 Å². The maximum absolute atomic E-state index is 13.1. The fourth-order valence-electron chi connectivity index (χ4n) is 6.78. The Morgan fingerprint density at radius 2 is 0.947 bits per heavy atom. The average Bonchev–Trinajstić information content (AvgIpc) is 3.20. The zero-order valence-electron chi connectivity index (χ0n) is 37.2. The number of esters is 1. The monoisotopic (exact) mass is 796 g/mol.